The van der Waals surface area contributed by atoms with Gasteiger partial charge < -0.3 is 0 Å². The monoisotopic (exact) mass is 482 g/mol. The van der Waals surface area contributed by atoms with Crippen LogP contribution in [0.5, 0.6) is 0 Å². The molecule has 0 spiro atoms. The summed E-state index contributed by atoms with van der Waals surface area (Å²) in [4.78, 5) is 0. The van der Waals surface area contributed by atoms with E-state index in [1.54, 1.807) is 0 Å². The SMILES string of the molecule is C(=C\c1cc[n+](CCSSCC[n+]2ccc(/C=C/c3ccccc3)cc2)cc1)/c1ccccc1. The van der Waals surface area contributed by atoms with Gasteiger partial charge in [-0.25, -0.2) is 9.13 Å². The van der Waals surface area contributed by atoms with Crippen molar-refractivity contribution in [2.24, 2.45) is 0 Å². The van der Waals surface area contributed by atoms with E-state index in [-0.39, 0.29) is 0 Å². The summed E-state index contributed by atoms with van der Waals surface area (Å²) in [5.41, 5.74) is 4.89. The Morgan fingerprint density at radius 2 is 0.765 bits per heavy atom. The Morgan fingerprint density at radius 3 is 1.12 bits per heavy atom. The zero-order valence-corrected chi connectivity index (χ0v) is 20.9. The Labute approximate surface area is 211 Å². The summed E-state index contributed by atoms with van der Waals surface area (Å²) >= 11 is 0. The van der Waals surface area contributed by atoms with Gasteiger partial charge in [0.15, 0.2) is 37.9 Å². The number of hydrogen-bond donors (Lipinski definition) is 0. The first-order valence-electron chi connectivity index (χ1n) is 11.5. The van der Waals surface area contributed by atoms with Gasteiger partial charge in [0.1, 0.15) is 0 Å². The van der Waals surface area contributed by atoms with Crippen molar-refractivity contribution in [3.8, 4) is 0 Å². The highest BCUT2D eigenvalue weighted by Gasteiger charge is 2.03. The molecule has 2 nitrogen and oxygen atoms in total. The van der Waals surface area contributed by atoms with Crippen molar-refractivity contribution in [1.82, 2.24) is 0 Å². The number of aromatic nitrogens is 2. The third-order valence-corrected chi connectivity index (χ3v) is 7.68. The lowest BCUT2D eigenvalue weighted by molar-refractivity contribution is -0.692. The van der Waals surface area contributed by atoms with E-state index in [4.69, 9.17) is 0 Å². The van der Waals surface area contributed by atoms with E-state index >= 15 is 0 Å². The van der Waals surface area contributed by atoms with Crippen LogP contribution in [0.3, 0.4) is 0 Å². The molecule has 4 rings (SSSR count). The molecular formula is C30H30N2S2+2. The van der Waals surface area contributed by atoms with Gasteiger partial charge in [-0.15, -0.1) is 0 Å². The molecule has 0 saturated carbocycles. The molecule has 0 bridgehead atoms. The van der Waals surface area contributed by atoms with Gasteiger partial charge >= 0.3 is 0 Å². The van der Waals surface area contributed by atoms with Crippen molar-refractivity contribution in [2.75, 3.05) is 11.5 Å². The average molecular weight is 483 g/mol. The van der Waals surface area contributed by atoms with E-state index in [1.807, 2.05) is 33.7 Å². The van der Waals surface area contributed by atoms with E-state index in [1.165, 1.54) is 22.3 Å². The van der Waals surface area contributed by atoms with Crippen molar-refractivity contribution in [2.45, 2.75) is 13.1 Å². The second-order valence-corrected chi connectivity index (χ2v) is 10.6. The highest BCUT2D eigenvalue weighted by atomic mass is 33.1. The molecule has 0 saturated heterocycles. The zero-order chi connectivity index (χ0) is 23.3. The fourth-order valence-corrected chi connectivity index (χ4v) is 5.34. The molecule has 0 amide bonds. The van der Waals surface area contributed by atoms with Gasteiger partial charge in [-0.05, 0) is 22.3 Å². The summed E-state index contributed by atoms with van der Waals surface area (Å²) < 4.78 is 4.51. The second kappa shape index (κ2) is 13.6. The van der Waals surface area contributed by atoms with Gasteiger partial charge in [0.25, 0.3) is 0 Å². The molecule has 0 aliphatic rings. The molecule has 4 heteroatoms. The Balaban J connectivity index is 1.12. The zero-order valence-electron chi connectivity index (χ0n) is 19.2. The van der Waals surface area contributed by atoms with Crippen LogP contribution < -0.4 is 9.13 Å². The molecule has 2 aromatic heterocycles. The topological polar surface area (TPSA) is 7.76 Å². The van der Waals surface area contributed by atoms with Crippen LogP contribution >= 0.6 is 21.6 Å². The summed E-state index contributed by atoms with van der Waals surface area (Å²) in [6.07, 6.45) is 17.3. The van der Waals surface area contributed by atoms with E-state index in [0.29, 0.717) is 0 Å². The van der Waals surface area contributed by atoms with Crippen LogP contribution in [0.25, 0.3) is 24.3 Å². The smallest absolute Gasteiger partial charge is 0.169 e. The number of hydrogen-bond acceptors (Lipinski definition) is 2. The minimum absolute atomic E-state index is 1.02. The fraction of sp³-hybridized carbons (Fsp3) is 0.133. The summed E-state index contributed by atoms with van der Waals surface area (Å²) in [7, 11) is 3.89. The fourth-order valence-electron chi connectivity index (χ4n) is 3.37. The van der Waals surface area contributed by atoms with Crippen LogP contribution in [0, 0.1) is 0 Å². The maximum atomic E-state index is 2.25. The van der Waals surface area contributed by atoms with Crippen molar-refractivity contribution in [3.63, 3.8) is 0 Å². The predicted molar refractivity (Wildman–Crippen MR) is 149 cm³/mol. The van der Waals surface area contributed by atoms with Crippen molar-refractivity contribution in [3.05, 3.63) is 132 Å². The average Bonchev–Trinajstić information content (AvgIpc) is 2.91. The quantitative estimate of drug-likeness (QED) is 0.134. The molecular weight excluding hydrogens is 452 g/mol. The Morgan fingerprint density at radius 1 is 0.441 bits per heavy atom. The lowest BCUT2D eigenvalue weighted by Crippen LogP contribution is -2.34. The second-order valence-electron chi connectivity index (χ2n) is 7.87. The van der Waals surface area contributed by atoms with Crippen LogP contribution in [0.4, 0.5) is 0 Å². The first-order valence-corrected chi connectivity index (χ1v) is 14.0. The minimum Gasteiger partial charge on any atom is -0.204 e. The van der Waals surface area contributed by atoms with Gasteiger partial charge in [0, 0.05) is 24.3 Å². The van der Waals surface area contributed by atoms with Crippen molar-refractivity contribution < 1.29 is 9.13 Å². The van der Waals surface area contributed by atoms with Crippen LogP contribution in [0.15, 0.2) is 110 Å². The third kappa shape index (κ3) is 8.36. The third-order valence-electron chi connectivity index (χ3n) is 5.32. The summed E-state index contributed by atoms with van der Waals surface area (Å²) in [5, 5.41) is 0. The maximum absolute atomic E-state index is 2.25. The normalized spacial score (nSPS) is 11.4. The summed E-state index contributed by atoms with van der Waals surface area (Å²) in [6, 6.07) is 29.5. The van der Waals surface area contributed by atoms with Gasteiger partial charge in [-0.2, -0.15) is 0 Å². The number of aryl methyl sites for hydroxylation is 2. The van der Waals surface area contributed by atoms with Crippen LogP contribution in [-0.4, -0.2) is 11.5 Å². The summed E-state index contributed by atoms with van der Waals surface area (Å²) in [6.45, 7) is 2.05. The Kier molecular flexibility index (Phi) is 9.61. The largest absolute Gasteiger partial charge is 0.204 e. The maximum Gasteiger partial charge on any atom is 0.169 e. The molecule has 0 aliphatic heterocycles. The van der Waals surface area contributed by atoms with E-state index in [9.17, 15) is 0 Å². The standard InChI is InChI=1S/C30H30N2S2/c1-3-7-27(8-4-1)11-13-29-15-19-31(20-16-29)23-25-33-34-26-24-32-21-17-30(18-22-32)14-12-28-9-5-2-6-10-28/h1-22H,23-26H2/q+2/b13-11+,14-12+. The first-order chi connectivity index (χ1) is 16.8. The Bertz CT molecular complexity index is 1070. The number of rotatable bonds is 11. The van der Waals surface area contributed by atoms with Gasteiger partial charge in [-0.1, -0.05) is 107 Å². The van der Waals surface area contributed by atoms with Crippen molar-refractivity contribution in [1.29, 1.82) is 0 Å². The lowest BCUT2D eigenvalue weighted by Gasteiger charge is -2.00. The Hall–Kier alpha value is -3.08. The highest BCUT2D eigenvalue weighted by molar-refractivity contribution is 8.76. The molecule has 4 aromatic rings. The molecule has 0 N–H and O–H groups in total. The molecule has 0 radical (unpaired) electrons. The number of benzene rings is 2. The van der Waals surface area contributed by atoms with Crippen LogP contribution in [0.2, 0.25) is 0 Å². The minimum atomic E-state index is 1.02. The molecule has 2 aromatic carbocycles. The predicted octanol–water partition coefficient (Wildman–Crippen LogP) is 6.68. The van der Waals surface area contributed by atoms with E-state index in [0.717, 1.165) is 24.6 Å². The number of nitrogens with zero attached hydrogens (tertiary/aromatic N) is 2. The molecule has 0 atom stereocenters. The van der Waals surface area contributed by atoms with Gasteiger partial charge in [0.05, 0.1) is 11.5 Å². The molecule has 0 fully saturated rings. The van der Waals surface area contributed by atoms with Gasteiger partial charge in [0.2, 0.25) is 0 Å². The molecule has 34 heavy (non-hydrogen) atoms. The summed E-state index contributed by atoms with van der Waals surface area (Å²) in [5.74, 6) is 2.20. The molecule has 0 aliphatic carbocycles. The van der Waals surface area contributed by atoms with Crippen LogP contribution in [0.1, 0.15) is 22.3 Å². The van der Waals surface area contributed by atoms with Crippen LogP contribution in [-0.2, 0) is 13.1 Å². The van der Waals surface area contributed by atoms with E-state index < -0.39 is 0 Å². The van der Waals surface area contributed by atoms with Crippen molar-refractivity contribution >= 4 is 45.9 Å². The van der Waals surface area contributed by atoms with E-state index in [2.05, 4.69) is 131 Å². The van der Waals surface area contributed by atoms with Gasteiger partial charge in [-0.3, -0.25) is 0 Å². The highest BCUT2D eigenvalue weighted by Crippen LogP contribution is 2.20. The molecule has 0 unspecified atom stereocenters. The molecule has 2 heterocycles. The first kappa shape index (κ1) is 24.1. The number of pyridine rings is 2. The molecule has 170 valence electrons. The lowest BCUT2D eigenvalue weighted by atomic mass is 10.1.